The summed E-state index contributed by atoms with van der Waals surface area (Å²) in [4.78, 5) is 22.5. The molecule has 0 heterocycles. The topological polar surface area (TPSA) is 90.7 Å². The van der Waals surface area contributed by atoms with Crippen LogP contribution in [0.25, 0.3) is 0 Å². The van der Waals surface area contributed by atoms with E-state index in [0.29, 0.717) is 34.7 Å². The van der Waals surface area contributed by atoms with E-state index in [1.165, 1.54) is 18.2 Å². The molecule has 1 amide bonds. The Labute approximate surface area is 146 Å². The van der Waals surface area contributed by atoms with Gasteiger partial charge in [0, 0.05) is 30.5 Å². The Morgan fingerprint density at radius 3 is 2.71 bits per heavy atom. The smallest absolute Gasteiger partial charge is 0.271 e. The fourth-order valence-electron chi connectivity index (χ4n) is 1.89. The number of methoxy groups -OCH3 is 1. The molecule has 0 fully saturated rings. The Hall–Kier alpha value is -2.45. The van der Waals surface area contributed by atoms with Crippen LogP contribution >= 0.6 is 15.9 Å². The molecule has 0 atom stereocenters. The van der Waals surface area contributed by atoms with E-state index >= 15 is 0 Å². The van der Waals surface area contributed by atoms with Crippen LogP contribution in [-0.2, 0) is 4.74 Å². The quantitative estimate of drug-likeness (QED) is 0.439. The number of carbonyl (C=O) groups is 1. The molecule has 0 unspecified atom stereocenters. The molecule has 0 aliphatic heterocycles. The Morgan fingerprint density at radius 2 is 2.04 bits per heavy atom. The molecule has 0 bridgehead atoms. The zero-order chi connectivity index (χ0) is 17.5. The standard InChI is InChI=1S/C16H15BrN2O5/c1-23-7-8-24-15-6-5-11(9-14(15)17)16(20)18-12-3-2-4-13(10-12)19(21)22/h2-6,9-10H,7-8H2,1H3,(H,18,20). The van der Waals surface area contributed by atoms with E-state index < -0.39 is 4.92 Å². The predicted molar refractivity (Wildman–Crippen MR) is 92.6 cm³/mol. The highest BCUT2D eigenvalue weighted by Gasteiger charge is 2.12. The van der Waals surface area contributed by atoms with Gasteiger partial charge in [0.1, 0.15) is 12.4 Å². The molecule has 126 valence electrons. The highest BCUT2D eigenvalue weighted by Crippen LogP contribution is 2.26. The monoisotopic (exact) mass is 394 g/mol. The zero-order valence-corrected chi connectivity index (χ0v) is 14.4. The number of anilines is 1. The molecule has 1 N–H and O–H groups in total. The number of benzene rings is 2. The van der Waals surface area contributed by atoms with Crippen molar-refractivity contribution in [3.63, 3.8) is 0 Å². The minimum absolute atomic E-state index is 0.0872. The van der Waals surface area contributed by atoms with Crippen LogP contribution in [0.5, 0.6) is 5.75 Å². The average Bonchev–Trinajstić information content (AvgIpc) is 2.56. The molecular weight excluding hydrogens is 380 g/mol. The number of rotatable bonds is 7. The molecular formula is C16H15BrN2O5. The number of amides is 1. The molecule has 0 aliphatic carbocycles. The average molecular weight is 395 g/mol. The number of carbonyl (C=O) groups excluding carboxylic acids is 1. The van der Waals surface area contributed by atoms with E-state index in [2.05, 4.69) is 21.2 Å². The summed E-state index contributed by atoms with van der Waals surface area (Å²) in [7, 11) is 1.58. The number of ether oxygens (including phenoxy) is 2. The third kappa shape index (κ3) is 4.77. The van der Waals surface area contributed by atoms with Crippen LogP contribution in [0.2, 0.25) is 0 Å². The summed E-state index contributed by atoms with van der Waals surface area (Å²) in [5.74, 6) is 0.221. The van der Waals surface area contributed by atoms with Crippen molar-refractivity contribution in [1.29, 1.82) is 0 Å². The van der Waals surface area contributed by atoms with Crippen molar-refractivity contribution in [1.82, 2.24) is 0 Å². The SMILES string of the molecule is COCCOc1ccc(C(=O)Nc2cccc([N+](=O)[O-])c2)cc1Br. The summed E-state index contributed by atoms with van der Waals surface area (Å²) in [5, 5.41) is 13.4. The Balaban J connectivity index is 2.08. The van der Waals surface area contributed by atoms with Crippen molar-refractivity contribution >= 4 is 33.2 Å². The van der Waals surface area contributed by atoms with Gasteiger partial charge in [-0.05, 0) is 40.2 Å². The van der Waals surface area contributed by atoms with E-state index in [-0.39, 0.29) is 11.6 Å². The second kappa shape index (κ2) is 8.42. The first-order chi connectivity index (χ1) is 11.5. The van der Waals surface area contributed by atoms with Crippen LogP contribution in [0.3, 0.4) is 0 Å². The molecule has 7 nitrogen and oxygen atoms in total. The summed E-state index contributed by atoms with van der Waals surface area (Å²) in [6, 6.07) is 10.7. The maximum Gasteiger partial charge on any atom is 0.271 e. The van der Waals surface area contributed by atoms with Gasteiger partial charge in [0.05, 0.1) is 16.0 Å². The van der Waals surface area contributed by atoms with Crippen molar-refractivity contribution in [3.05, 3.63) is 62.6 Å². The summed E-state index contributed by atoms with van der Waals surface area (Å²) in [6.45, 7) is 0.857. The summed E-state index contributed by atoms with van der Waals surface area (Å²) >= 11 is 3.35. The van der Waals surface area contributed by atoms with E-state index in [4.69, 9.17) is 9.47 Å². The van der Waals surface area contributed by atoms with Crippen LogP contribution in [0.1, 0.15) is 10.4 Å². The van der Waals surface area contributed by atoms with E-state index in [9.17, 15) is 14.9 Å². The number of nitrogens with one attached hydrogen (secondary N) is 1. The lowest BCUT2D eigenvalue weighted by Crippen LogP contribution is -2.12. The molecule has 2 aromatic carbocycles. The third-order valence-electron chi connectivity index (χ3n) is 3.05. The second-order valence-electron chi connectivity index (χ2n) is 4.75. The number of halogens is 1. The van der Waals surface area contributed by atoms with Gasteiger partial charge in [0.25, 0.3) is 11.6 Å². The molecule has 0 radical (unpaired) electrons. The largest absolute Gasteiger partial charge is 0.490 e. The molecule has 0 spiro atoms. The van der Waals surface area contributed by atoms with Crippen LogP contribution in [0.4, 0.5) is 11.4 Å². The normalized spacial score (nSPS) is 10.2. The van der Waals surface area contributed by atoms with E-state index in [0.717, 1.165) is 0 Å². The molecule has 0 saturated heterocycles. The first-order valence-corrected chi connectivity index (χ1v) is 7.77. The number of nitrogens with zero attached hydrogens (tertiary/aromatic N) is 1. The maximum absolute atomic E-state index is 12.3. The van der Waals surface area contributed by atoms with Crippen LogP contribution in [0, 0.1) is 10.1 Å². The van der Waals surface area contributed by atoms with Gasteiger partial charge in [-0.25, -0.2) is 0 Å². The first-order valence-electron chi connectivity index (χ1n) is 6.98. The Morgan fingerprint density at radius 1 is 1.25 bits per heavy atom. The molecule has 0 saturated carbocycles. The van der Waals surface area contributed by atoms with Crippen molar-refractivity contribution in [2.24, 2.45) is 0 Å². The fraction of sp³-hybridized carbons (Fsp3) is 0.188. The van der Waals surface area contributed by atoms with Gasteiger partial charge in [-0.1, -0.05) is 6.07 Å². The summed E-state index contributed by atoms with van der Waals surface area (Å²) in [5.41, 5.74) is 0.661. The maximum atomic E-state index is 12.3. The van der Waals surface area contributed by atoms with Crippen LogP contribution < -0.4 is 10.1 Å². The Bertz CT molecular complexity index is 751. The number of non-ortho nitro benzene ring substituents is 1. The third-order valence-corrected chi connectivity index (χ3v) is 3.67. The minimum atomic E-state index is -0.515. The summed E-state index contributed by atoms with van der Waals surface area (Å²) in [6.07, 6.45) is 0. The lowest BCUT2D eigenvalue weighted by atomic mass is 10.2. The lowest BCUT2D eigenvalue weighted by Gasteiger charge is -2.10. The molecule has 2 aromatic rings. The van der Waals surface area contributed by atoms with Gasteiger partial charge < -0.3 is 14.8 Å². The van der Waals surface area contributed by atoms with E-state index in [1.54, 1.807) is 31.4 Å². The molecule has 24 heavy (non-hydrogen) atoms. The lowest BCUT2D eigenvalue weighted by molar-refractivity contribution is -0.384. The Kier molecular flexibility index (Phi) is 6.28. The number of hydrogen-bond acceptors (Lipinski definition) is 5. The summed E-state index contributed by atoms with van der Waals surface area (Å²) < 4.78 is 11.0. The second-order valence-corrected chi connectivity index (χ2v) is 5.60. The fourth-order valence-corrected chi connectivity index (χ4v) is 2.39. The van der Waals surface area contributed by atoms with Gasteiger partial charge in [-0.2, -0.15) is 0 Å². The van der Waals surface area contributed by atoms with Gasteiger partial charge in [0.15, 0.2) is 0 Å². The minimum Gasteiger partial charge on any atom is -0.490 e. The van der Waals surface area contributed by atoms with Crippen molar-refractivity contribution in [2.75, 3.05) is 25.6 Å². The molecule has 0 aromatic heterocycles. The van der Waals surface area contributed by atoms with Crippen LogP contribution in [-0.4, -0.2) is 31.2 Å². The predicted octanol–water partition coefficient (Wildman–Crippen LogP) is 3.63. The molecule has 2 rings (SSSR count). The van der Waals surface area contributed by atoms with Gasteiger partial charge in [-0.15, -0.1) is 0 Å². The van der Waals surface area contributed by atoms with Gasteiger partial charge in [-0.3, -0.25) is 14.9 Å². The highest BCUT2D eigenvalue weighted by atomic mass is 79.9. The molecule has 0 aliphatic rings. The van der Waals surface area contributed by atoms with Crippen LogP contribution in [0.15, 0.2) is 46.9 Å². The van der Waals surface area contributed by atoms with Gasteiger partial charge in [0.2, 0.25) is 0 Å². The van der Waals surface area contributed by atoms with Crippen molar-refractivity contribution < 1.29 is 19.2 Å². The van der Waals surface area contributed by atoms with Crippen molar-refractivity contribution in [2.45, 2.75) is 0 Å². The highest BCUT2D eigenvalue weighted by molar-refractivity contribution is 9.10. The zero-order valence-electron chi connectivity index (χ0n) is 12.8. The molecule has 8 heteroatoms. The first kappa shape index (κ1) is 17.9. The van der Waals surface area contributed by atoms with Crippen molar-refractivity contribution in [3.8, 4) is 5.75 Å². The number of hydrogen-bond donors (Lipinski definition) is 1. The number of nitro groups is 1. The van der Waals surface area contributed by atoms with Gasteiger partial charge >= 0.3 is 0 Å². The van der Waals surface area contributed by atoms with E-state index in [1.807, 2.05) is 0 Å². The number of nitro benzene ring substituents is 1.